The minimum atomic E-state index is 0.465. The Morgan fingerprint density at radius 2 is 1.79 bits per heavy atom. The summed E-state index contributed by atoms with van der Waals surface area (Å²) in [5.74, 6) is 2.23. The van der Waals surface area contributed by atoms with Crippen molar-refractivity contribution in [2.24, 2.45) is 5.92 Å². The van der Waals surface area contributed by atoms with Gasteiger partial charge < -0.3 is 5.32 Å². The number of fused-ring (bicyclic) bond motifs is 1. The predicted molar refractivity (Wildman–Crippen MR) is 112 cm³/mol. The Labute approximate surface area is 166 Å². The molecule has 1 aliphatic rings. The third-order valence-electron chi connectivity index (χ3n) is 5.37. The van der Waals surface area contributed by atoms with E-state index in [9.17, 15) is 0 Å². The Morgan fingerprint density at radius 3 is 2.50 bits per heavy atom. The molecule has 1 aliphatic carbocycles. The fraction of sp³-hybridized carbons (Fsp3) is 0.545. The van der Waals surface area contributed by atoms with Crippen LogP contribution in [-0.4, -0.2) is 31.0 Å². The number of benzene rings is 1. The van der Waals surface area contributed by atoms with Crippen molar-refractivity contribution >= 4 is 17.0 Å². The van der Waals surface area contributed by atoms with Crippen LogP contribution in [0, 0.1) is 5.92 Å². The van der Waals surface area contributed by atoms with Crippen LogP contribution >= 0.6 is 0 Å². The SMILES string of the molecule is CC(C)Cc1nc(NC2CCCCCC2)c2nnn(Cc3ccccc3)c2n1. The van der Waals surface area contributed by atoms with Crippen LogP contribution < -0.4 is 5.32 Å². The molecule has 2 aromatic heterocycles. The van der Waals surface area contributed by atoms with Gasteiger partial charge in [-0.2, -0.15) is 0 Å². The minimum absolute atomic E-state index is 0.465. The number of anilines is 1. The lowest BCUT2D eigenvalue weighted by Gasteiger charge is -2.17. The maximum Gasteiger partial charge on any atom is 0.184 e. The molecule has 4 rings (SSSR count). The Bertz CT molecular complexity index is 894. The zero-order valence-corrected chi connectivity index (χ0v) is 16.9. The number of aromatic nitrogens is 5. The molecule has 1 aromatic carbocycles. The van der Waals surface area contributed by atoms with E-state index >= 15 is 0 Å². The van der Waals surface area contributed by atoms with Gasteiger partial charge in [-0.3, -0.25) is 0 Å². The Kier molecular flexibility index (Phi) is 5.84. The molecule has 0 saturated heterocycles. The maximum absolute atomic E-state index is 4.85. The number of hydrogen-bond acceptors (Lipinski definition) is 5. The summed E-state index contributed by atoms with van der Waals surface area (Å²) in [6.07, 6.45) is 8.49. The van der Waals surface area contributed by atoms with Crippen molar-refractivity contribution in [3.63, 3.8) is 0 Å². The van der Waals surface area contributed by atoms with Gasteiger partial charge in [0.1, 0.15) is 5.82 Å². The summed E-state index contributed by atoms with van der Waals surface area (Å²) in [6.45, 7) is 5.06. The highest BCUT2D eigenvalue weighted by Gasteiger charge is 2.19. The fourth-order valence-corrected chi connectivity index (χ4v) is 3.94. The van der Waals surface area contributed by atoms with Crippen LogP contribution in [0.1, 0.15) is 63.8 Å². The van der Waals surface area contributed by atoms with Crippen LogP contribution in [0.5, 0.6) is 0 Å². The van der Waals surface area contributed by atoms with E-state index in [1.165, 1.54) is 44.1 Å². The molecule has 0 amide bonds. The molecule has 2 heterocycles. The second-order valence-electron chi connectivity index (χ2n) is 8.32. The van der Waals surface area contributed by atoms with Gasteiger partial charge in [0.15, 0.2) is 17.0 Å². The monoisotopic (exact) mass is 378 g/mol. The molecule has 0 unspecified atom stereocenters. The van der Waals surface area contributed by atoms with Crippen molar-refractivity contribution in [2.45, 2.75) is 71.4 Å². The van der Waals surface area contributed by atoms with Gasteiger partial charge in [-0.1, -0.05) is 75.1 Å². The van der Waals surface area contributed by atoms with Crippen LogP contribution in [0.4, 0.5) is 5.82 Å². The first-order valence-corrected chi connectivity index (χ1v) is 10.6. The van der Waals surface area contributed by atoms with E-state index in [-0.39, 0.29) is 0 Å². The van der Waals surface area contributed by atoms with E-state index in [1.807, 2.05) is 22.9 Å². The molecule has 0 spiro atoms. The Hall–Kier alpha value is -2.50. The molecular weight excluding hydrogens is 348 g/mol. The summed E-state index contributed by atoms with van der Waals surface area (Å²) in [4.78, 5) is 9.68. The van der Waals surface area contributed by atoms with Gasteiger partial charge in [0.05, 0.1) is 6.54 Å². The Balaban J connectivity index is 1.68. The first-order valence-electron chi connectivity index (χ1n) is 10.6. The molecule has 6 heteroatoms. The van der Waals surface area contributed by atoms with Crippen LogP contribution in [0.15, 0.2) is 30.3 Å². The van der Waals surface area contributed by atoms with Crippen LogP contribution in [0.2, 0.25) is 0 Å². The van der Waals surface area contributed by atoms with Gasteiger partial charge in [0, 0.05) is 12.5 Å². The molecule has 0 atom stereocenters. The highest BCUT2D eigenvalue weighted by molar-refractivity contribution is 5.82. The number of hydrogen-bond donors (Lipinski definition) is 1. The topological polar surface area (TPSA) is 68.5 Å². The molecule has 3 aromatic rings. The van der Waals surface area contributed by atoms with Crippen molar-refractivity contribution in [2.75, 3.05) is 5.32 Å². The Morgan fingerprint density at radius 1 is 1.04 bits per heavy atom. The largest absolute Gasteiger partial charge is 0.365 e. The van der Waals surface area contributed by atoms with Crippen molar-refractivity contribution in [1.82, 2.24) is 25.0 Å². The van der Waals surface area contributed by atoms with Crippen LogP contribution in [-0.2, 0) is 13.0 Å². The number of nitrogens with zero attached hydrogens (tertiary/aromatic N) is 5. The normalized spacial score (nSPS) is 15.8. The second-order valence-corrected chi connectivity index (χ2v) is 8.32. The summed E-state index contributed by atoms with van der Waals surface area (Å²) in [5, 5.41) is 12.5. The molecule has 1 fully saturated rings. The highest BCUT2D eigenvalue weighted by Crippen LogP contribution is 2.25. The smallest absolute Gasteiger partial charge is 0.184 e. The predicted octanol–water partition coefficient (Wildman–Crippen LogP) is 4.60. The molecule has 28 heavy (non-hydrogen) atoms. The zero-order valence-electron chi connectivity index (χ0n) is 16.9. The van der Waals surface area contributed by atoms with Crippen molar-refractivity contribution in [3.05, 3.63) is 41.7 Å². The van der Waals surface area contributed by atoms with Gasteiger partial charge in [-0.05, 0) is 24.3 Å². The lowest BCUT2D eigenvalue weighted by atomic mass is 10.1. The van der Waals surface area contributed by atoms with Gasteiger partial charge in [0.2, 0.25) is 0 Å². The number of nitrogens with one attached hydrogen (secondary N) is 1. The van der Waals surface area contributed by atoms with E-state index in [4.69, 9.17) is 9.97 Å². The van der Waals surface area contributed by atoms with E-state index < -0.39 is 0 Å². The van der Waals surface area contributed by atoms with E-state index in [2.05, 4.69) is 41.6 Å². The summed E-state index contributed by atoms with van der Waals surface area (Å²) < 4.78 is 1.90. The molecule has 0 bridgehead atoms. The van der Waals surface area contributed by atoms with Crippen LogP contribution in [0.25, 0.3) is 11.2 Å². The maximum atomic E-state index is 4.85. The summed E-state index contributed by atoms with van der Waals surface area (Å²) in [6, 6.07) is 10.8. The lowest BCUT2D eigenvalue weighted by Crippen LogP contribution is -2.20. The quantitative estimate of drug-likeness (QED) is 0.635. The minimum Gasteiger partial charge on any atom is -0.365 e. The van der Waals surface area contributed by atoms with Crippen LogP contribution in [0.3, 0.4) is 0 Å². The average Bonchev–Trinajstić information content (AvgIpc) is 2.90. The second kappa shape index (κ2) is 8.67. The van der Waals surface area contributed by atoms with Gasteiger partial charge in [0.25, 0.3) is 0 Å². The van der Waals surface area contributed by atoms with E-state index in [0.29, 0.717) is 18.5 Å². The molecule has 148 valence electrons. The number of rotatable bonds is 6. The molecule has 0 radical (unpaired) electrons. The van der Waals surface area contributed by atoms with E-state index in [1.54, 1.807) is 0 Å². The third-order valence-corrected chi connectivity index (χ3v) is 5.37. The lowest BCUT2D eigenvalue weighted by molar-refractivity contribution is 0.608. The molecule has 1 saturated carbocycles. The van der Waals surface area contributed by atoms with Crippen molar-refractivity contribution < 1.29 is 0 Å². The zero-order chi connectivity index (χ0) is 19.3. The van der Waals surface area contributed by atoms with Crippen molar-refractivity contribution in [3.8, 4) is 0 Å². The summed E-state index contributed by atoms with van der Waals surface area (Å²) in [5.41, 5.74) is 2.80. The highest BCUT2D eigenvalue weighted by atomic mass is 15.4. The first kappa shape index (κ1) is 18.8. The van der Waals surface area contributed by atoms with E-state index in [0.717, 1.165) is 29.2 Å². The van der Waals surface area contributed by atoms with Crippen molar-refractivity contribution in [1.29, 1.82) is 0 Å². The fourth-order valence-electron chi connectivity index (χ4n) is 3.94. The molecule has 0 aliphatic heterocycles. The average molecular weight is 379 g/mol. The molecule has 1 N–H and O–H groups in total. The summed E-state index contributed by atoms with van der Waals surface area (Å²) in [7, 11) is 0. The van der Waals surface area contributed by atoms with Gasteiger partial charge in [-0.15, -0.1) is 5.10 Å². The van der Waals surface area contributed by atoms with Gasteiger partial charge in [-0.25, -0.2) is 14.6 Å². The first-order chi connectivity index (χ1) is 13.7. The standard InChI is InChI=1S/C22H30N6/c1-16(2)14-19-24-21(23-18-12-8-3-4-9-13-18)20-22(25-19)28(27-26-20)15-17-10-6-5-7-11-17/h5-7,10-11,16,18H,3-4,8-9,12-15H2,1-2H3,(H,23,24,25). The third kappa shape index (κ3) is 4.49. The van der Waals surface area contributed by atoms with Gasteiger partial charge >= 0.3 is 0 Å². The molecular formula is C22H30N6. The summed E-state index contributed by atoms with van der Waals surface area (Å²) >= 11 is 0. The molecule has 6 nitrogen and oxygen atoms in total.